The van der Waals surface area contributed by atoms with Gasteiger partial charge in [0.25, 0.3) is 0 Å². The Kier molecular flexibility index (Phi) is 7.71. The molecule has 34 heavy (non-hydrogen) atoms. The van der Waals surface area contributed by atoms with E-state index in [-0.39, 0.29) is 10.7 Å². The fraction of sp³-hybridized carbons (Fsp3) is 0.333. The molecule has 0 bridgehead atoms. The van der Waals surface area contributed by atoms with Gasteiger partial charge in [0.05, 0.1) is 4.90 Å². The summed E-state index contributed by atoms with van der Waals surface area (Å²) in [6.07, 6.45) is 3.51. The molecule has 0 saturated carbocycles. The van der Waals surface area contributed by atoms with Crippen LogP contribution in [0.15, 0.2) is 65.7 Å². The van der Waals surface area contributed by atoms with Crippen LogP contribution < -0.4 is 16.0 Å². The van der Waals surface area contributed by atoms with Gasteiger partial charge in [0.15, 0.2) is 0 Å². The maximum Gasteiger partial charge on any atom is 0.243 e. The van der Waals surface area contributed by atoms with Gasteiger partial charge in [0.1, 0.15) is 11.6 Å². The van der Waals surface area contributed by atoms with Crippen molar-refractivity contribution >= 4 is 33.2 Å². The number of benzene rings is 2. The van der Waals surface area contributed by atoms with Crippen molar-refractivity contribution in [3.05, 3.63) is 66.6 Å². The average molecular weight is 485 g/mol. The molecule has 1 aromatic heterocycles. The zero-order valence-electron chi connectivity index (χ0n) is 19.0. The Morgan fingerprint density at radius 2 is 1.74 bits per heavy atom. The van der Waals surface area contributed by atoms with Crippen LogP contribution in [0.4, 0.5) is 27.5 Å². The highest BCUT2D eigenvalue weighted by Crippen LogP contribution is 2.25. The van der Waals surface area contributed by atoms with Gasteiger partial charge >= 0.3 is 0 Å². The molecule has 3 N–H and O–H groups in total. The summed E-state index contributed by atoms with van der Waals surface area (Å²) in [4.78, 5) is 8.89. The lowest BCUT2D eigenvalue weighted by molar-refractivity contribution is 0.261. The molecule has 1 fully saturated rings. The Labute approximate surface area is 199 Å². The summed E-state index contributed by atoms with van der Waals surface area (Å²) in [7, 11) is -3.54. The minimum absolute atomic E-state index is 0.273. The van der Waals surface area contributed by atoms with Crippen LogP contribution in [0.3, 0.4) is 0 Å². The van der Waals surface area contributed by atoms with Gasteiger partial charge in [0, 0.05) is 30.7 Å². The van der Waals surface area contributed by atoms with Crippen molar-refractivity contribution in [3.8, 4) is 0 Å². The molecular weight excluding hydrogens is 455 g/mol. The Hall–Kier alpha value is -3.08. The van der Waals surface area contributed by atoms with E-state index in [9.17, 15) is 12.8 Å². The number of nitrogens with one attached hydrogen (secondary N) is 3. The number of piperidine rings is 1. The van der Waals surface area contributed by atoms with Crippen molar-refractivity contribution in [1.82, 2.24) is 19.6 Å². The molecule has 4 rings (SSSR count). The zero-order chi connectivity index (χ0) is 24.0. The van der Waals surface area contributed by atoms with Crippen molar-refractivity contribution in [2.24, 2.45) is 5.92 Å². The van der Waals surface area contributed by atoms with E-state index in [1.165, 1.54) is 12.1 Å². The predicted octanol–water partition coefficient (Wildman–Crippen LogP) is 4.11. The lowest BCUT2D eigenvalue weighted by Crippen LogP contribution is -2.42. The first-order chi connectivity index (χ1) is 16.4. The van der Waals surface area contributed by atoms with Crippen LogP contribution in [0.5, 0.6) is 0 Å². The average Bonchev–Trinajstić information content (AvgIpc) is 2.85. The molecule has 1 aliphatic rings. The second kappa shape index (κ2) is 10.9. The van der Waals surface area contributed by atoms with Crippen LogP contribution in [0.1, 0.15) is 19.8 Å². The Morgan fingerprint density at radius 3 is 2.47 bits per heavy atom. The summed E-state index contributed by atoms with van der Waals surface area (Å²) in [6.45, 7) is 4.85. The zero-order valence-corrected chi connectivity index (χ0v) is 19.9. The number of aromatic nitrogens is 2. The largest absolute Gasteiger partial charge is 0.340 e. The highest BCUT2D eigenvalue weighted by molar-refractivity contribution is 7.89. The van der Waals surface area contributed by atoms with Gasteiger partial charge in [-0.1, -0.05) is 6.92 Å². The van der Waals surface area contributed by atoms with Crippen molar-refractivity contribution in [1.29, 1.82) is 0 Å². The van der Waals surface area contributed by atoms with E-state index < -0.39 is 10.0 Å². The fourth-order valence-electron chi connectivity index (χ4n) is 3.92. The van der Waals surface area contributed by atoms with Crippen LogP contribution in [0.2, 0.25) is 0 Å². The topological polar surface area (TPSA) is 99.3 Å². The Balaban J connectivity index is 1.41. The molecule has 8 nitrogen and oxygen atoms in total. The standard InChI is InChI=1S/C24H29FN6O2S/c1-2-26-16-18-4-3-15-31(17-18)34(32,33)22-11-9-21(10-12-22)29-24-27-14-13-23(30-24)28-20-7-5-19(25)6-8-20/h5-14,18,26H,2-4,15-17H2,1H3,(H2,27,28,29,30). The van der Waals surface area contributed by atoms with Gasteiger partial charge in [-0.2, -0.15) is 9.29 Å². The van der Waals surface area contributed by atoms with Crippen LogP contribution in [-0.2, 0) is 10.0 Å². The summed E-state index contributed by atoms with van der Waals surface area (Å²) in [5, 5.41) is 9.50. The molecule has 0 amide bonds. The number of anilines is 4. The Bertz CT molecular complexity index is 1190. The summed E-state index contributed by atoms with van der Waals surface area (Å²) < 4.78 is 41.0. The number of halogens is 1. The SMILES string of the molecule is CCNCC1CCCN(S(=O)(=O)c2ccc(Nc3nccc(Nc4ccc(F)cc4)n3)cc2)C1. The van der Waals surface area contributed by atoms with E-state index in [0.29, 0.717) is 42.1 Å². The van der Waals surface area contributed by atoms with E-state index in [0.717, 1.165) is 25.9 Å². The van der Waals surface area contributed by atoms with E-state index >= 15 is 0 Å². The predicted molar refractivity (Wildman–Crippen MR) is 131 cm³/mol. The lowest BCUT2D eigenvalue weighted by Gasteiger charge is -2.32. The van der Waals surface area contributed by atoms with Crippen LogP contribution in [0, 0.1) is 11.7 Å². The minimum Gasteiger partial charge on any atom is -0.340 e. The van der Waals surface area contributed by atoms with Gasteiger partial charge in [0.2, 0.25) is 16.0 Å². The molecule has 1 aliphatic heterocycles. The van der Waals surface area contributed by atoms with Crippen LogP contribution >= 0.6 is 0 Å². The molecule has 2 aromatic carbocycles. The number of nitrogens with zero attached hydrogens (tertiary/aromatic N) is 3. The number of hydrogen-bond acceptors (Lipinski definition) is 7. The first-order valence-electron chi connectivity index (χ1n) is 11.4. The quantitative estimate of drug-likeness (QED) is 0.420. The summed E-state index contributed by atoms with van der Waals surface area (Å²) in [5.74, 6) is 0.914. The molecule has 0 spiro atoms. The van der Waals surface area contributed by atoms with E-state index in [1.807, 2.05) is 0 Å². The second-order valence-corrected chi connectivity index (χ2v) is 10.2. The van der Waals surface area contributed by atoms with Gasteiger partial charge in [-0.05, 0) is 86.4 Å². The molecule has 1 unspecified atom stereocenters. The van der Waals surface area contributed by atoms with Crippen molar-refractivity contribution in [2.75, 3.05) is 36.8 Å². The monoisotopic (exact) mass is 484 g/mol. The fourth-order valence-corrected chi connectivity index (χ4v) is 5.47. The maximum atomic E-state index is 13.1. The maximum absolute atomic E-state index is 13.1. The van der Waals surface area contributed by atoms with E-state index in [4.69, 9.17) is 0 Å². The van der Waals surface area contributed by atoms with E-state index in [2.05, 4.69) is 32.8 Å². The molecular formula is C24H29FN6O2S. The highest BCUT2D eigenvalue weighted by atomic mass is 32.2. The third-order valence-corrected chi connectivity index (χ3v) is 7.56. The molecule has 10 heteroatoms. The first kappa shape index (κ1) is 24.1. The molecule has 1 saturated heterocycles. The summed E-state index contributed by atoms with van der Waals surface area (Å²) in [6, 6.07) is 14.3. The highest BCUT2D eigenvalue weighted by Gasteiger charge is 2.30. The lowest BCUT2D eigenvalue weighted by atomic mass is 10.00. The van der Waals surface area contributed by atoms with Crippen molar-refractivity contribution in [2.45, 2.75) is 24.7 Å². The summed E-state index contributed by atoms with van der Waals surface area (Å²) >= 11 is 0. The molecule has 1 atom stereocenters. The number of hydrogen-bond donors (Lipinski definition) is 3. The minimum atomic E-state index is -3.54. The number of sulfonamides is 1. The van der Waals surface area contributed by atoms with Gasteiger partial charge in [-0.15, -0.1) is 0 Å². The third-order valence-electron chi connectivity index (χ3n) is 5.69. The Morgan fingerprint density at radius 1 is 1.03 bits per heavy atom. The molecule has 0 radical (unpaired) electrons. The van der Waals surface area contributed by atoms with Crippen molar-refractivity contribution in [3.63, 3.8) is 0 Å². The molecule has 0 aliphatic carbocycles. The molecule has 2 heterocycles. The molecule has 3 aromatic rings. The third kappa shape index (κ3) is 6.07. The first-order valence-corrected chi connectivity index (χ1v) is 12.8. The van der Waals surface area contributed by atoms with Gasteiger partial charge in [-0.25, -0.2) is 17.8 Å². The van der Waals surface area contributed by atoms with Crippen molar-refractivity contribution < 1.29 is 12.8 Å². The number of rotatable bonds is 9. The summed E-state index contributed by atoms with van der Waals surface area (Å²) in [5.41, 5.74) is 1.37. The van der Waals surface area contributed by atoms with Crippen LogP contribution in [0.25, 0.3) is 0 Å². The smallest absolute Gasteiger partial charge is 0.243 e. The van der Waals surface area contributed by atoms with Gasteiger partial charge in [-0.3, -0.25) is 0 Å². The van der Waals surface area contributed by atoms with Crippen LogP contribution in [-0.4, -0.2) is 48.9 Å². The van der Waals surface area contributed by atoms with Gasteiger partial charge < -0.3 is 16.0 Å². The molecule has 180 valence electrons. The second-order valence-electron chi connectivity index (χ2n) is 8.23. The normalized spacial score (nSPS) is 16.8. The van der Waals surface area contributed by atoms with E-state index in [1.54, 1.807) is 53.0 Å².